The lowest BCUT2D eigenvalue weighted by Gasteiger charge is -2.34. The van der Waals surface area contributed by atoms with Crippen LogP contribution in [0.2, 0.25) is 0 Å². The maximum Gasteiger partial charge on any atom is 0.337 e. The number of piperazine rings is 1. The SMILES string of the molecule is CCOc1ccc(CN2CCN(CC(=O)Nc3cccc(C(=O)OC)c3)CC2)cc1. The molecule has 2 aromatic carbocycles. The van der Waals surface area contributed by atoms with Crippen LogP contribution in [-0.4, -0.2) is 68.1 Å². The molecule has 1 saturated heterocycles. The zero-order valence-corrected chi connectivity index (χ0v) is 17.6. The lowest BCUT2D eigenvalue weighted by molar-refractivity contribution is -0.117. The monoisotopic (exact) mass is 411 g/mol. The minimum absolute atomic E-state index is 0.0861. The Hall–Kier alpha value is -2.90. The summed E-state index contributed by atoms with van der Waals surface area (Å²) in [6, 6.07) is 15.0. The first kappa shape index (κ1) is 21.8. The first-order valence-electron chi connectivity index (χ1n) is 10.2. The maximum absolute atomic E-state index is 12.4. The summed E-state index contributed by atoms with van der Waals surface area (Å²) in [5.41, 5.74) is 2.27. The van der Waals surface area contributed by atoms with Crippen LogP contribution in [0.5, 0.6) is 5.75 Å². The van der Waals surface area contributed by atoms with Crippen LogP contribution in [0.25, 0.3) is 0 Å². The predicted molar refractivity (Wildman–Crippen MR) is 116 cm³/mol. The number of carbonyl (C=O) groups excluding carboxylic acids is 2. The summed E-state index contributed by atoms with van der Waals surface area (Å²) in [6.45, 7) is 7.39. The summed E-state index contributed by atoms with van der Waals surface area (Å²) in [4.78, 5) is 28.6. The number of carbonyl (C=O) groups is 2. The molecule has 30 heavy (non-hydrogen) atoms. The number of nitrogens with one attached hydrogen (secondary N) is 1. The van der Waals surface area contributed by atoms with Gasteiger partial charge in [-0.05, 0) is 42.8 Å². The van der Waals surface area contributed by atoms with E-state index in [0.29, 0.717) is 24.4 Å². The van der Waals surface area contributed by atoms with E-state index in [1.54, 1.807) is 24.3 Å². The molecule has 0 aromatic heterocycles. The maximum atomic E-state index is 12.4. The van der Waals surface area contributed by atoms with E-state index in [0.717, 1.165) is 38.5 Å². The van der Waals surface area contributed by atoms with Crippen LogP contribution < -0.4 is 10.1 Å². The fourth-order valence-corrected chi connectivity index (χ4v) is 3.47. The molecule has 0 saturated carbocycles. The summed E-state index contributed by atoms with van der Waals surface area (Å²) in [6.07, 6.45) is 0. The average Bonchev–Trinajstić information content (AvgIpc) is 2.76. The fourth-order valence-electron chi connectivity index (χ4n) is 3.47. The van der Waals surface area contributed by atoms with Crippen molar-refractivity contribution >= 4 is 17.6 Å². The molecular formula is C23H29N3O4. The fraction of sp³-hybridized carbons (Fsp3) is 0.391. The first-order valence-corrected chi connectivity index (χ1v) is 10.2. The van der Waals surface area contributed by atoms with Crippen molar-refractivity contribution in [2.24, 2.45) is 0 Å². The molecule has 7 heteroatoms. The summed E-state index contributed by atoms with van der Waals surface area (Å²) in [7, 11) is 1.34. The second kappa shape index (κ2) is 10.8. The van der Waals surface area contributed by atoms with Crippen molar-refractivity contribution in [2.75, 3.05) is 51.8 Å². The summed E-state index contributed by atoms with van der Waals surface area (Å²) < 4.78 is 10.2. The Labute approximate surface area is 177 Å². The Balaban J connectivity index is 1.43. The Bertz CT molecular complexity index is 846. The van der Waals surface area contributed by atoms with Crippen molar-refractivity contribution < 1.29 is 19.1 Å². The zero-order chi connectivity index (χ0) is 21.3. The van der Waals surface area contributed by atoms with Crippen LogP contribution in [-0.2, 0) is 16.1 Å². The highest BCUT2D eigenvalue weighted by Crippen LogP contribution is 2.15. The van der Waals surface area contributed by atoms with Gasteiger partial charge in [0.15, 0.2) is 0 Å². The number of esters is 1. The van der Waals surface area contributed by atoms with Crippen LogP contribution in [0.3, 0.4) is 0 Å². The van der Waals surface area contributed by atoms with Crippen LogP contribution >= 0.6 is 0 Å². The minimum Gasteiger partial charge on any atom is -0.494 e. The van der Waals surface area contributed by atoms with E-state index >= 15 is 0 Å². The van der Waals surface area contributed by atoms with Crippen molar-refractivity contribution in [3.8, 4) is 5.75 Å². The molecule has 0 spiro atoms. The number of anilines is 1. The molecule has 2 aromatic rings. The molecule has 1 amide bonds. The van der Waals surface area contributed by atoms with Gasteiger partial charge in [0.25, 0.3) is 0 Å². The topological polar surface area (TPSA) is 71.1 Å². The summed E-state index contributed by atoms with van der Waals surface area (Å²) in [5.74, 6) is 0.390. The molecule has 1 aliphatic rings. The van der Waals surface area contributed by atoms with Crippen molar-refractivity contribution in [1.29, 1.82) is 0 Å². The lowest BCUT2D eigenvalue weighted by Crippen LogP contribution is -2.48. The molecule has 0 aliphatic carbocycles. The van der Waals surface area contributed by atoms with E-state index in [2.05, 4.69) is 27.2 Å². The number of ether oxygens (including phenoxy) is 2. The standard InChI is InChI=1S/C23H29N3O4/c1-3-30-21-9-7-18(8-10-21)16-25-11-13-26(14-12-25)17-22(27)24-20-6-4-5-19(15-20)23(28)29-2/h4-10,15H,3,11-14,16-17H2,1-2H3,(H,24,27). The van der Waals surface area contributed by atoms with Gasteiger partial charge in [0.1, 0.15) is 5.75 Å². The van der Waals surface area contributed by atoms with Gasteiger partial charge >= 0.3 is 5.97 Å². The van der Waals surface area contributed by atoms with Gasteiger partial charge in [0.2, 0.25) is 5.91 Å². The van der Waals surface area contributed by atoms with E-state index in [1.165, 1.54) is 12.7 Å². The molecular weight excluding hydrogens is 382 g/mol. The van der Waals surface area contributed by atoms with Crippen molar-refractivity contribution in [3.05, 3.63) is 59.7 Å². The van der Waals surface area contributed by atoms with Gasteiger partial charge in [-0.15, -0.1) is 0 Å². The van der Waals surface area contributed by atoms with Crippen LogP contribution in [0, 0.1) is 0 Å². The van der Waals surface area contributed by atoms with E-state index in [1.807, 2.05) is 19.1 Å². The average molecular weight is 412 g/mol. The number of rotatable bonds is 8. The molecule has 0 unspecified atom stereocenters. The van der Waals surface area contributed by atoms with Crippen molar-refractivity contribution in [2.45, 2.75) is 13.5 Å². The molecule has 3 rings (SSSR count). The highest BCUT2D eigenvalue weighted by Gasteiger charge is 2.19. The number of methoxy groups -OCH3 is 1. The second-order valence-electron chi connectivity index (χ2n) is 7.25. The third kappa shape index (κ3) is 6.30. The summed E-state index contributed by atoms with van der Waals surface area (Å²) in [5, 5.41) is 2.86. The van der Waals surface area contributed by atoms with Crippen LogP contribution in [0.15, 0.2) is 48.5 Å². The molecule has 7 nitrogen and oxygen atoms in total. The third-order valence-electron chi connectivity index (χ3n) is 5.04. The molecule has 1 heterocycles. The summed E-state index contributed by atoms with van der Waals surface area (Å²) >= 11 is 0. The van der Waals surface area contributed by atoms with E-state index < -0.39 is 5.97 Å². The van der Waals surface area contributed by atoms with Crippen LogP contribution in [0.4, 0.5) is 5.69 Å². The smallest absolute Gasteiger partial charge is 0.337 e. The predicted octanol–water partition coefficient (Wildman–Crippen LogP) is 2.63. The lowest BCUT2D eigenvalue weighted by atomic mass is 10.2. The minimum atomic E-state index is -0.422. The number of benzene rings is 2. The van der Waals surface area contributed by atoms with Gasteiger partial charge in [0.05, 0.1) is 25.8 Å². The van der Waals surface area contributed by atoms with Gasteiger partial charge < -0.3 is 14.8 Å². The quantitative estimate of drug-likeness (QED) is 0.674. The third-order valence-corrected chi connectivity index (χ3v) is 5.04. The zero-order valence-electron chi connectivity index (χ0n) is 17.6. The molecule has 1 fully saturated rings. The molecule has 0 radical (unpaired) electrons. The van der Waals surface area contributed by atoms with E-state index in [4.69, 9.17) is 9.47 Å². The Morgan fingerprint density at radius 1 is 1.00 bits per heavy atom. The van der Waals surface area contributed by atoms with Gasteiger partial charge in [-0.2, -0.15) is 0 Å². The number of nitrogens with zero attached hydrogens (tertiary/aromatic N) is 2. The van der Waals surface area contributed by atoms with E-state index in [-0.39, 0.29) is 5.91 Å². The second-order valence-corrected chi connectivity index (χ2v) is 7.25. The molecule has 0 atom stereocenters. The number of hydrogen-bond acceptors (Lipinski definition) is 6. The number of amides is 1. The molecule has 160 valence electrons. The van der Waals surface area contributed by atoms with Crippen LogP contribution in [0.1, 0.15) is 22.8 Å². The molecule has 1 N–H and O–H groups in total. The van der Waals surface area contributed by atoms with E-state index in [9.17, 15) is 9.59 Å². The van der Waals surface area contributed by atoms with Crippen molar-refractivity contribution in [1.82, 2.24) is 9.80 Å². The van der Waals surface area contributed by atoms with Gasteiger partial charge in [0, 0.05) is 38.4 Å². The van der Waals surface area contributed by atoms with Gasteiger partial charge in [-0.3, -0.25) is 14.6 Å². The Morgan fingerprint density at radius 2 is 1.70 bits per heavy atom. The normalized spacial score (nSPS) is 14.9. The Morgan fingerprint density at radius 3 is 2.37 bits per heavy atom. The molecule has 0 bridgehead atoms. The molecule has 1 aliphatic heterocycles. The van der Waals surface area contributed by atoms with Gasteiger partial charge in [-0.25, -0.2) is 4.79 Å². The highest BCUT2D eigenvalue weighted by atomic mass is 16.5. The highest BCUT2D eigenvalue weighted by molar-refractivity contribution is 5.95. The van der Waals surface area contributed by atoms with Gasteiger partial charge in [-0.1, -0.05) is 18.2 Å². The number of hydrogen-bond donors (Lipinski definition) is 1. The first-order chi connectivity index (χ1) is 14.6. The Kier molecular flexibility index (Phi) is 7.82. The van der Waals surface area contributed by atoms with Crippen molar-refractivity contribution in [3.63, 3.8) is 0 Å². The largest absolute Gasteiger partial charge is 0.494 e.